The predicted octanol–water partition coefficient (Wildman–Crippen LogP) is -1.35. The lowest BCUT2D eigenvalue weighted by Gasteiger charge is -2.29. The summed E-state index contributed by atoms with van der Waals surface area (Å²) in [7, 11) is 3.94. The number of amides is 7. The molecule has 1 fully saturated rings. The number of carbonyl (C=O) groups excluding carboxylic acids is 8. The average Bonchev–Trinajstić information content (AvgIpc) is 3.54. The van der Waals surface area contributed by atoms with Crippen LogP contribution in [0.5, 0.6) is 5.75 Å². The summed E-state index contributed by atoms with van der Waals surface area (Å²) in [5, 5.41) is 34.7. The lowest BCUT2D eigenvalue weighted by atomic mass is 10.0. The quantitative estimate of drug-likeness (QED) is 0.0276. The molecule has 2 rings (SSSR count). The Balaban J connectivity index is 2.36. The molecule has 10 N–H and O–H groups in total. The van der Waals surface area contributed by atoms with Crippen LogP contribution in [0.15, 0.2) is 24.3 Å². The first kappa shape index (κ1) is 51.7. The molecular formula is C34H50N8O11S6. The van der Waals surface area contributed by atoms with Crippen molar-refractivity contribution in [3.8, 4) is 5.75 Å². The molecule has 25 heteroatoms. The Labute approximate surface area is 369 Å². The Bertz CT molecular complexity index is 1660. The second-order valence-electron chi connectivity index (χ2n) is 13.0. The van der Waals surface area contributed by atoms with E-state index >= 15 is 0 Å². The van der Waals surface area contributed by atoms with E-state index in [-0.39, 0.29) is 42.0 Å². The molecule has 0 spiro atoms. The topological polar surface area (TPSA) is 296 Å². The molecule has 7 atom stereocenters. The second-order valence-corrected chi connectivity index (χ2v) is 17.9. The lowest BCUT2D eigenvalue weighted by Crippen LogP contribution is -2.60. The second kappa shape index (κ2) is 26.7. The van der Waals surface area contributed by atoms with E-state index in [4.69, 9.17) is 5.73 Å². The Morgan fingerprint density at radius 1 is 0.847 bits per heavy atom. The van der Waals surface area contributed by atoms with Gasteiger partial charge in [0.1, 0.15) is 36.0 Å². The number of thiol groups is 3. The van der Waals surface area contributed by atoms with Crippen LogP contribution in [0.2, 0.25) is 0 Å². The highest BCUT2D eigenvalue weighted by atomic mass is 33.1. The van der Waals surface area contributed by atoms with Gasteiger partial charge in [-0.15, -0.1) is 11.7 Å². The number of nitrogens with one attached hydrogen (secondary N) is 6. The van der Waals surface area contributed by atoms with Crippen LogP contribution in [0.3, 0.4) is 0 Å². The van der Waals surface area contributed by atoms with Crippen LogP contribution in [-0.4, -0.2) is 146 Å². The van der Waals surface area contributed by atoms with Crippen molar-refractivity contribution in [2.45, 2.75) is 81.8 Å². The molecule has 19 nitrogen and oxygen atoms in total. The number of carbonyl (C=O) groups is 9. The Morgan fingerprint density at radius 3 is 1.88 bits per heavy atom. The van der Waals surface area contributed by atoms with E-state index in [1.165, 1.54) is 50.8 Å². The largest absolute Gasteiger partial charge is 0.508 e. The van der Waals surface area contributed by atoms with Gasteiger partial charge in [-0.2, -0.15) is 25.3 Å². The number of nitrogens with two attached hydrogens (primary N) is 1. The highest BCUT2D eigenvalue weighted by molar-refractivity contribution is 8.76. The molecule has 1 aliphatic heterocycles. The SMILES string of the molecule is CCSSCC(C(=O)N[C@@H](CCC(=O)O)C(=O)N[C@@H](Cc1ccc(O)cc1)C(=O)N[C@@H](CS)C(=O)N[C@@H](CS)C(=O)N[C@@H](CC(N)=O)C(C)=O)N1CNC(CSS)C1=O. The minimum Gasteiger partial charge on any atom is -0.508 e. The first-order chi connectivity index (χ1) is 27.9. The zero-order chi connectivity index (χ0) is 44.2. The van der Waals surface area contributed by atoms with Gasteiger partial charge in [0.05, 0.1) is 25.2 Å². The van der Waals surface area contributed by atoms with Crippen LogP contribution in [0, 0.1) is 0 Å². The van der Waals surface area contributed by atoms with Gasteiger partial charge in [-0.3, -0.25) is 48.5 Å². The molecular weight excluding hydrogens is 889 g/mol. The Morgan fingerprint density at radius 2 is 1.37 bits per heavy atom. The number of hydrogen-bond acceptors (Lipinski definition) is 17. The molecule has 0 bridgehead atoms. The fourth-order valence-corrected chi connectivity index (χ4v) is 8.67. The van der Waals surface area contributed by atoms with Crippen molar-refractivity contribution in [2.75, 3.05) is 35.4 Å². The number of phenolic OH excluding ortho intramolecular Hbond substituents is 1. The van der Waals surface area contributed by atoms with Gasteiger partial charge in [-0.1, -0.05) is 51.4 Å². The zero-order valence-electron chi connectivity index (χ0n) is 32.1. The van der Waals surface area contributed by atoms with Crippen molar-refractivity contribution in [3.63, 3.8) is 0 Å². The third-order valence-electron chi connectivity index (χ3n) is 8.57. The summed E-state index contributed by atoms with van der Waals surface area (Å²) in [5.74, 6) is -6.84. The van der Waals surface area contributed by atoms with Gasteiger partial charge >= 0.3 is 5.97 Å². The molecule has 328 valence electrons. The van der Waals surface area contributed by atoms with Crippen LogP contribution < -0.4 is 37.6 Å². The number of Topliss-reactive ketones (excluding diaryl/α,β-unsaturated/α-hetero) is 1. The number of carboxylic acids is 1. The van der Waals surface area contributed by atoms with E-state index in [1.54, 1.807) is 0 Å². The molecule has 1 aromatic carbocycles. The standard InChI is InChI=1S/C34H50N8O11S6/c1-3-58-59-15-26(42-16-36-25(14-57-56)34(42)53)33(52)37-20(8-9-28(46)47)29(48)39-22(10-18-4-6-19(44)7-5-18)30(49)40-24(13-55)32(51)41-23(12-54)31(50)38-21(17(2)43)11-27(35)45/h4-7,20-26,36,44,54-56H,3,8-16H2,1-2H3,(H2,35,45)(H,37,52)(H,38,50)(H,39,48)(H,40,49)(H,41,51)(H,46,47)/t20-,21-,22-,23-,24-,25?,26?/m0/s1. The molecule has 1 aromatic rings. The highest BCUT2D eigenvalue weighted by Crippen LogP contribution is 2.25. The van der Waals surface area contributed by atoms with E-state index in [1.807, 2.05) is 6.92 Å². The normalized spacial score (nSPS) is 16.7. The maximum Gasteiger partial charge on any atom is 0.303 e. The number of aliphatic carboxylic acids is 1. The van der Waals surface area contributed by atoms with E-state index in [9.17, 15) is 53.4 Å². The van der Waals surface area contributed by atoms with Crippen LogP contribution in [0.25, 0.3) is 0 Å². The molecule has 0 saturated carbocycles. The summed E-state index contributed by atoms with van der Waals surface area (Å²) in [6, 6.07) is -2.97. The van der Waals surface area contributed by atoms with Crippen molar-refractivity contribution >= 4 is 122 Å². The van der Waals surface area contributed by atoms with Crippen molar-refractivity contribution in [2.24, 2.45) is 5.73 Å². The number of aromatic hydroxyl groups is 1. The molecule has 2 unspecified atom stereocenters. The number of nitrogens with zero attached hydrogens (tertiary/aromatic N) is 1. The van der Waals surface area contributed by atoms with Crippen LogP contribution >= 0.6 is 69.3 Å². The molecule has 7 amide bonds. The van der Waals surface area contributed by atoms with Gasteiger partial charge < -0.3 is 47.4 Å². The van der Waals surface area contributed by atoms with Gasteiger partial charge in [0.2, 0.25) is 41.4 Å². The average molecular weight is 939 g/mol. The van der Waals surface area contributed by atoms with E-state index < -0.39 is 109 Å². The predicted molar refractivity (Wildman–Crippen MR) is 235 cm³/mol. The van der Waals surface area contributed by atoms with Crippen molar-refractivity contribution < 1.29 is 53.4 Å². The first-order valence-electron chi connectivity index (χ1n) is 18.0. The van der Waals surface area contributed by atoms with Gasteiger partial charge in [0.25, 0.3) is 0 Å². The van der Waals surface area contributed by atoms with E-state index in [2.05, 4.69) is 68.8 Å². The van der Waals surface area contributed by atoms with Crippen molar-refractivity contribution in [1.82, 2.24) is 36.8 Å². The monoisotopic (exact) mass is 938 g/mol. The maximum absolute atomic E-state index is 14.0. The fourth-order valence-electron chi connectivity index (χ4n) is 5.40. The van der Waals surface area contributed by atoms with Crippen molar-refractivity contribution in [1.29, 1.82) is 0 Å². The van der Waals surface area contributed by atoms with Gasteiger partial charge in [0.15, 0.2) is 5.78 Å². The number of rotatable bonds is 27. The summed E-state index contributed by atoms with van der Waals surface area (Å²) in [4.78, 5) is 118. The first-order valence-corrected chi connectivity index (χ1v) is 23.8. The van der Waals surface area contributed by atoms with Gasteiger partial charge in [0, 0.05) is 41.6 Å². The highest BCUT2D eigenvalue weighted by Gasteiger charge is 2.40. The number of phenols is 1. The molecule has 1 saturated heterocycles. The molecule has 0 aromatic heterocycles. The Hall–Kier alpha value is -3.49. The summed E-state index contributed by atoms with van der Waals surface area (Å²) in [6.07, 6.45) is -1.64. The summed E-state index contributed by atoms with van der Waals surface area (Å²) >= 11 is 12.4. The minimum atomic E-state index is -1.50. The number of hydrogen-bond donors (Lipinski definition) is 12. The fraction of sp³-hybridized carbons (Fsp3) is 0.559. The Kier molecular flexibility index (Phi) is 23.3. The summed E-state index contributed by atoms with van der Waals surface area (Å²) < 4.78 is 0. The molecule has 1 aliphatic rings. The summed E-state index contributed by atoms with van der Waals surface area (Å²) in [5.41, 5.74) is 5.62. The van der Waals surface area contributed by atoms with Gasteiger partial charge in [-0.25, -0.2) is 0 Å². The van der Waals surface area contributed by atoms with Crippen LogP contribution in [-0.2, 0) is 49.6 Å². The summed E-state index contributed by atoms with van der Waals surface area (Å²) in [6.45, 7) is 3.10. The third kappa shape index (κ3) is 17.6. The maximum atomic E-state index is 14.0. The van der Waals surface area contributed by atoms with Crippen LogP contribution in [0.4, 0.5) is 0 Å². The van der Waals surface area contributed by atoms with Crippen LogP contribution in [0.1, 0.15) is 38.7 Å². The zero-order valence-corrected chi connectivity index (χ0v) is 37.2. The minimum absolute atomic E-state index is 0.0433. The number of carboxylic acid groups (broad SMARTS) is 1. The van der Waals surface area contributed by atoms with Crippen molar-refractivity contribution in [3.05, 3.63) is 29.8 Å². The van der Waals surface area contributed by atoms with E-state index in [0.29, 0.717) is 17.1 Å². The smallest absolute Gasteiger partial charge is 0.303 e. The lowest BCUT2D eigenvalue weighted by molar-refractivity contribution is -0.140. The number of benzene rings is 1. The van der Waals surface area contributed by atoms with Gasteiger partial charge in [-0.05, 0) is 31.0 Å². The molecule has 0 aliphatic carbocycles. The van der Waals surface area contributed by atoms with E-state index in [0.717, 1.165) is 17.7 Å². The number of ketones is 1. The molecule has 1 heterocycles. The molecule has 0 radical (unpaired) electrons. The molecule has 59 heavy (non-hydrogen) atoms. The number of primary amides is 1. The third-order valence-corrected chi connectivity index (χ3v) is 12.7.